The van der Waals surface area contributed by atoms with E-state index in [0.29, 0.717) is 13.2 Å². The molecular formula is C18H25ClN4O2. The number of carbonyl (C=O) groups excluding carboxylic acids is 1. The number of aromatic nitrogens is 2. The van der Waals surface area contributed by atoms with Gasteiger partial charge in [-0.25, -0.2) is 4.98 Å². The maximum atomic E-state index is 12.9. The van der Waals surface area contributed by atoms with Crippen molar-refractivity contribution in [2.45, 2.75) is 13.0 Å². The first-order valence-electron chi connectivity index (χ1n) is 8.33. The Labute approximate surface area is 154 Å². The predicted octanol–water partition coefficient (Wildman–Crippen LogP) is 2.03. The zero-order chi connectivity index (χ0) is 16.9. The molecule has 0 spiro atoms. The second-order valence-corrected chi connectivity index (χ2v) is 6.17. The van der Waals surface area contributed by atoms with Crippen LogP contribution in [0.4, 0.5) is 0 Å². The molecule has 136 valence electrons. The van der Waals surface area contributed by atoms with Gasteiger partial charge in [0.1, 0.15) is 17.6 Å². The fourth-order valence-corrected chi connectivity index (χ4v) is 2.99. The van der Waals surface area contributed by atoms with Gasteiger partial charge in [-0.05, 0) is 12.1 Å². The van der Waals surface area contributed by atoms with Gasteiger partial charge in [-0.15, -0.1) is 12.4 Å². The van der Waals surface area contributed by atoms with Crippen molar-refractivity contribution in [3.63, 3.8) is 0 Å². The van der Waals surface area contributed by atoms with Crippen LogP contribution in [0.5, 0.6) is 5.75 Å². The summed E-state index contributed by atoms with van der Waals surface area (Å²) in [6.45, 7) is 4.51. The van der Waals surface area contributed by atoms with Gasteiger partial charge < -0.3 is 19.5 Å². The monoisotopic (exact) mass is 364 g/mol. The fourth-order valence-electron chi connectivity index (χ4n) is 2.99. The summed E-state index contributed by atoms with van der Waals surface area (Å²) in [6.07, 6.45) is 3.68. The van der Waals surface area contributed by atoms with Gasteiger partial charge in [0.25, 0.3) is 0 Å². The molecule has 0 aliphatic carbocycles. The molecule has 2 atom stereocenters. The molecular weight excluding hydrogens is 340 g/mol. The minimum Gasteiger partial charge on any atom is -0.493 e. The Morgan fingerprint density at radius 1 is 1.40 bits per heavy atom. The van der Waals surface area contributed by atoms with Crippen molar-refractivity contribution >= 4 is 18.3 Å². The third kappa shape index (κ3) is 4.52. The molecule has 3 rings (SSSR count). The number of nitrogens with one attached hydrogen (secondary N) is 1. The molecule has 1 fully saturated rings. The molecule has 6 nitrogen and oxygen atoms in total. The van der Waals surface area contributed by atoms with Gasteiger partial charge in [-0.1, -0.05) is 25.1 Å². The van der Waals surface area contributed by atoms with Crippen LogP contribution in [0.1, 0.15) is 18.8 Å². The highest BCUT2D eigenvalue weighted by atomic mass is 35.5. The number of rotatable bonds is 5. The molecule has 0 saturated carbocycles. The van der Waals surface area contributed by atoms with Gasteiger partial charge >= 0.3 is 0 Å². The van der Waals surface area contributed by atoms with Gasteiger partial charge in [0.05, 0.1) is 12.5 Å². The maximum Gasteiger partial charge on any atom is 0.229 e. The zero-order valence-electron chi connectivity index (χ0n) is 14.6. The average Bonchev–Trinajstić information content (AvgIpc) is 3.05. The number of para-hydroxylation sites is 1. The summed E-state index contributed by atoms with van der Waals surface area (Å²) in [7, 11) is 1.96. The van der Waals surface area contributed by atoms with E-state index in [9.17, 15) is 4.79 Å². The third-order valence-corrected chi connectivity index (χ3v) is 4.35. The van der Waals surface area contributed by atoms with E-state index < -0.39 is 0 Å². The van der Waals surface area contributed by atoms with Crippen LogP contribution in [-0.2, 0) is 11.8 Å². The number of nitrogens with zero attached hydrogens (tertiary/aromatic N) is 3. The summed E-state index contributed by atoms with van der Waals surface area (Å²) in [4.78, 5) is 19.3. The lowest BCUT2D eigenvalue weighted by Gasteiger charge is -2.37. The lowest BCUT2D eigenvalue weighted by Crippen LogP contribution is -2.51. The van der Waals surface area contributed by atoms with Crippen molar-refractivity contribution in [1.82, 2.24) is 19.8 Å². The van der Waals surface area contributed by atoms with Crippen LogP contribution in [0.2, 0.25) is 0 Å². The molecule has 7 heteroatoms. The minimum absolute atomic E-state index is 0. The van der Waals surface area contributed by atoms with Crippen molar-refractivity contribution in [2.24, 2.45) is 13.0 Å². The minimum atomic E-state index is -0.203. The van der Waals surface area contributed by atoms with Crippen LogP contribution in [0, 0.1) is 5.92 Å². The van der Waals surface area contributed by atoms with Crippen LogP contribution in [-0.4, -0.2) is 46.6 Å². The molecule has 0 bridgehead atoms. The van der Waals surface area contributed by atoms with Crippen LogP contribution in [0.25, 0.3) is 0 Å². The van der Waals surface area contributed by atoms with Gasteiger partial charge in [0, 0.05) is 39.1 Å². The smallest absolute Gasteiger partial charge is 0.229 e. The lowest BCUT2D eigenvalue weighted by molar-refractivity contribution is -0.139. The normalized spacial score (nSPS) is 18.3. The second-order valence-electron chi connectivity index (χ2n) is 6.17. The number of ether oxygens (including phenoxy) is 1. The van der Waals surface area contributed by atoms with E-state index in [0.717, 1.165) is 24.7 Å². The molecule has 0 radical (unpaired) electrons. The van der Waals surface area contributed by atoms with E-state index in [2.05, 4.69) is 10.3 Å². The summed E-state index contributed by atoms with van der Waals surface area (Å²) in [6, 6.07) is 9.56. The summed E-state index contributed by atoms with van der Waals surface area (Å²) in [5, 5.41) is 3.35. The largest absolute Gasteiger partial charge is 0.493 e. The van der Waals surface area contributed by atoms with E-state index in [1.54, 1.807) is 6.20 Å². The zero-order valence-corrected chi connectivity index (χ0v) is 15.4. The molecule has 1 N–H and O–H groups in total. The number of amides is 1. The second kappa shape index (κ2) is 8.87. The number of carbonyl (C=O) groups is 1. The molecule has 1 aromatic carbocycles. The van der Waals surface area contributed by atoms with Gasteiger partial charge in [0.2, 0.25) is 5.91 Å². The molecule has 1 amide bonds. The van der Waals surface area contributed by atoms with Gasteiger partial charge in [-0.2, -0.15) is 0 Å². The highest BCUT2D eigenvalue weighted by Gasteiger charge is 2.32. The number of benzene rings is 1. The standard InChI is InChI=1S/C18H24N4O2.ClH/c1-14(13-24-15-6-4-3-5-7-15)18(23)22-11-8-19-12-16(22)17-20-9-10-21(17)2;/h3-7,9-10,14,16,19H,8,11-13H2,1-2H3;1H. The van der Waals surface area contributed by atoms with E-state index in [4.69, 9.17) is 4.74 Å². The van der Waals surface area contributed by atoms with Crippen molar-refractivity contribution in [2.75, 3.05) is 26.2 Å². The van der Waals surface area contributed by atoms with E-state index >= 15 is 0 Å². The Morgan fingerprint density at radius 2 is 2.16 bits per heavy atom. The molecule has 2 heterocycles. The van der Waals surface area contributed by atoms with Crippen molar-refractivity contribution in [3.05, 3.63) is 48.5 Å². The van der Waals surface area contributed by atoms with Crippen LogP contribution >= 0.6 is 12.4 Å². The Hall–Kier alpha value is -2.05. The van der Waals surface area contributed by atoms with Crippen molar-refractivity contribution < 1.29 is 9.53 Å². The summed E-state index contributed by atoms with van der Waals surface area (Å²) < 4.78 is 7.72. The molecule has 1 aliphatic heterocycles. The summed E-state index contributed by atoms with van der Waals surface area (Å²) >= 11 is 0. The Morgan fingerprint density at radius 3 is 2.84 bits per heavy atom. The van der Waals surface area contributed by atoms with E-state index in [1.165, 1.54) is 0 Å². The SMILES string of the molecule is CC(COc1ccccc1)C(=O)N1CCNCC1c1nccn1C.Cl. The Kier molecular flexibility index (Phi) is 6.84. The van der Waals surface area contributed by atoms with Crippen LogP contribution in [0.3, 0.4) is 0 Å². The van der Waals surface area contributed by atoms with E-state index in [1.807, 2.05) is 60.0 Å². The summed E-state index contributed by atoms with van der Waals surface area (Å²) in [5.74, 6) is 1.61. The molecule has 1 aliphatic rings. The number of hydrogen-bond donors (Lipinski definition) is 1. The number of piperazine rings is 1. The average molecular weight is 365 g/mol. The molecule has 1 saturated heterocycles. The number of aryl methyl sites for hydroxylation is 1. The highest BCUT2D eigenvalue weighted by molar-refractivity contribution is 5.85. The highest BCUT2D eigenvalue weighted by Crippen LogP contribution is 2.23. The quantitative estimate of drug-likeness (QED) is 0.882. The van der Waals surface area contributed by atoms with Crippen LogP contribution < -0.4 is 10.1 Å². The molecule has 1 aromatic heterocycles. The first-order valence-corrected chi connectivity index (χ1v) is 8.33. The van der Waals surface area contributed by atoms with E-state index in [-0.39, 0.29) is 30.3 Å². The summed E-state index contributed by atoms with van der Waals surface area (Å²) in [5.41, 5.74) is 0. The first kappa shape index (κ1) is 19.3. The van der Waals surface area contributed by atoms with Crippen molar-refractivity contribution in [3.8, 4) is 5.75 Å². The molecule has 2 unspecified atom stereocenters. The van der Waals surface area contributed by atoms with Gasteiger partial charge in [-0.3, -0.25) is 4.79 Å². The molecule has 2 aromatic rings. The third-order valence-electron chi connectivity index (χ3n) is 4.35. The number of hydrogen-bond acceptors (Lipinski definition) is 4. The number of imidazole rings is 1. The Balaban J connectivity index is 0.00000225. The van der Waals surface area contributed by atoms with Gasteiger partial charge in [0.15, 0.2) is 0 Å². The lowest BCUT2D eigenvalue weighted by atomic mass is 10.1. The Bertz CT molecular complexity index is 677. The predicted molar refractivity (Wildman–Crippen MR) is 98.9 cm³/mol. The van der Waals surface area contributed by atoms with Crippen molar-refractivity contribution in [1.29, 1.82) is 0 Å². The topological polar surface area (TPSA) is 59.4 Å². The fraction of sp³-hybridized carbons (Fsp3) is 0.444. The van der Waals surface area contributed by atoms with Crippen LogP contribution in [0.15, 0.2) is 42.7 Å². The first-order chi connectivity index (χ1) is 11.7. The molecule has 25 heavy (non-hydrogen) atoms. The maximum absolute atomic E-state index is 12.9. The number of halogens is 1.